The largest absolute Gasteiger partial charge is 0.493 e. The second-order valence-electron chi connectivity index (χ2n) is 4.61. The Balaban J connectivity index is 2.67. The Morgan fingerprint density at radius 2 is 1.62 bits per heavy atom. The number of hydrogen-bond acceptors (Lipinski definition) is 7. The summed E-state index contributed by atoms with van der Waals surface area (Å²) in [6.07, 6.45) is -0.0974. The quantitative estimate of drug-likeness (QED) is 0.575. The molecule has 0 saturated heterocycles. The summed E-state index contributed by atoms with van der Waals surface area (Å²) in [5.41, 5.74) is 5.44. The molecule has 0 aliphatic rings. The maximum atomic E-state index is 11.8. The number of carbonyl (C=O) groups excluding carboxylic acids is 3. The van der Waals surface area contributed by atoms with Crippen LogP contribution in [0.2, 0.25) is 0 Å². The third-order valence-corrected chi connectivity index (χ3v) is 2.90. The summed E-state index contributed by atoms with van der Waals surface area (Å²) in [4.78, 5) is 33.7. The Morgan fingerprint density at radius 1 is 1.04 bits per heavy atom. The van der Waals surface area contributed by atoms with E-state index in [1.165, 1.54) is 21.3 Å². The molecule has 0 radical (unpaired) electrons. The van der Waals surface area contributed by atoms with Crippen LogP contribution < -0.4 is 25.3 Å². The second kappa shape index (κ2) is 9.23. The molecule has 0 unspecified atom stereocenters. The minimum atomic E-state index is -0.688. The SMILES string of the molecule is COc1cc(CC(=O)OCC(=O)NCC(N)=O)cc(OC)c1OC. The maximum Gasteiger partial charge on any atom is 0.310 e. The highest BCUT2D eigenvalue weighted by Gasteiger charge is 2.16. The Labute approximate surface area is 139 Å². The van der Waals surface area contributed by atoms with E-state index in [-0.39, 0.29) is 13.0 Å². The first kappa shape index (κ1) is 19.1. The van der Waals surface area contributed by atoms with Crippen LogP contribution >= 0.6 is 0 Å². The van der Waals surface area contributed by atoms with E-state index in [0.29, 0.717) is 22.8 Å². The summed E-state index contributed by atoms with van der Waals surface area (Å²) in [7, 11) is 4.39. The van der Waals surface area contributed by atoms with Gasteiger partial charge in [0.05, 0.1) is 34.3 Å². The fourth-order valence-corrected chi connectivity index (χ4v) is 1.84. The van der Waals surface area contributed by atoms with Gasteiger partial charge in [-0.25, -0.2) is 0 Å². The van der Waals surface area contributed by atoms with Crippen LogP contribution in [0.4, 0.5) is 0 Å². The van der Waals surface area contributed by atoms with Crippen molar-refractivity contribution in [1.29, 1.82) is 0 Å². The van der Waals surface area contributed by atoms with Crippen molar-refractivity contribution in [3.05, 3.63) is 17.7 Å². The predicted molar refractivity (Wildman–Crippen MR) is 83.0 cm³/mol. The zero-order valence-electron chi connectivity index (χ0n) is 13.7. The lowest BCUT2D eigenvalue weighted by Gasteiger charge is -2.14. The molecule has 0 saturated carbocycles. The van der Waals surface area contributed by atoms with Gasteiger partial charge < -0.3 is 30.0 Å². The van der Waals surface area contributed by atoms with Crippen LogP contribution in [-0.4, -0.2) is 52.3 Å². The minimum absolute atomic E-state index is 0.0974. The molecule has 0 bridgehead atoms. The molecular weight excluding hydrogens is 320 g/mol. The number of ether oxygens (including phenoxy) is 4. The van der Waals surface area contributed by atoms with E-state index >= 15 is 0 Å². The fraction of sp³-hybridized carbons (Fsp3) is 0.400. The smallest absolute Gasteiger partial charge is 0.310 e. The normalized spacial score (nSPS) is 9.79. The lowest BCUT2D eigenvalue weighted by atomic mass is 10.1. The highest BCUT2D eigenvalue weighted by Crippen LogP contribution is 2.38. The Hall–Kier alpha value is -2.97. The van der Waals surface area contributed by atoms with Gasteiger partial charge in [-0.1, -0.05) is 0 Å². The number of nitrogens with two attached hydrogens (primary N) is 1. The van der Waals surface area contributed by atoms with E-state index < -0.39 is 24.4 Å². The molecule has 0 aromatic heterocycles. The van der Waals surface area contributed by atoms with Gasteiger partial charge in [0, 0.05) is 0 Å². The highest BCUT2D eigenvalue weighted by atomic mass is 16.5. The van der Waals surface area contributed by atoms with Crippen LogP contribution in [0.15, 0.2) is 12.1 Å². The third kappa shape index (κ3) is 5.67. The second-order valence-corrected chi connectivity index (χ2v) is 4.61. The van der Waals surface area contributed by atoms with Gasteiger partial charge in [0.25, 0.3) is 5.91 Å². The molecule has 1 aromatic carbocycles. The lowest BCUT2D eigenvalue weighted by molar-refractivity contribution is -0.147. The predicted octanol–water partition coefficient (Wildman–Crippen LogP) is -0.600. The van der Waals surface area contributed by atoms with Crippen LogP contribution in [0.1, 0.15) is 5.56 Å². The summed E-state index contributed by atoms with van der Waals surface area (Å²) in [5, 5.41) is 2.21. The van der Waals surface area contributed by atoms with Gasteiger partial charge in [0.2, 0.25) is 11.7 Å². The van der Waals surface area contributed by atoms with E-state index in [1.807, 2.05) is 0 Å². The van der Waals surface area contributed by atoms with E-state index in [0.717, 1.165) is 0 Å². The van der Waals surface area contributed by atoms with Gasteiger partial charge in [-0.05, 0) is 17.7 Å². The molecule has 24 heavy (non-hydrogen) atoms. The number of carbonyl (C=O) groups is 3. The number of rotatable bonds is 9. The van der Waals surface area contributed by atoms with Crippen molar-refractivity contribution >= 4 is 17.8 Å². The molecule has 0 aliphatic carbocycles. The topological polar surface area (TPSA) is 126 Å². The first-order valence-corrected chi connectivity index (χ1v) is 6.90. The van der Waals surface area contributed by atoms with Crippen molar-refractivity contribution in [2.24, 2.45) is 5.73 Å². The third-order valence-electron chi connectivity index (χ3n) is 2.90. The van der Waals surface area contributed by atoms with Crippen molar-refractivity contribution in [2.75, 3.05) is 34.5 Å². The van der Waals surface area contributed by atoms with Gasteiger partial charge in [0.1, 0.15) is 0 Å². The van der Waals surface area contributed by atoms with E-state index in [4.69, 9.17) is 24.7 Å². The molecule has 3 N–H and O–H groups in total. The van der Waals surface area contributed by atoms with E-state index in [1.54, 1.807) is 12.1 Å². The molecule has 0 atom stereocenters. The standard InChI is InChI=1S/C15H20N2O7/c1-21-10-4-9(5-11(22-2)15(10)23-3)6-14(20)24-8-13(19)17-7-12(16)18/h4-5H,6-8H2,1-3H3,(H2,16,18)(H,17,19). The molecular formula is C15H20N2O7. The summed E-state index contributed by atoms with van der Waals surface area (Å²) in [6.45, 7) is -0.820. The van der Waals surface area contributed by atoms with E-state index in [9.17, 15) is 14.4 Å². The van der Waals surface area contributed by atoms with E-state index in [2.05, 4.69) is 5.32 Å². The number of amides is 2. The number of primary amides is 1. The molecule has 132 valence electrons. The zero-order valence-corrected chi connectivity index (χ0v) is 13.7. The Kier molecular flexibility index (Phi) is 7.34. The molecule has 0 aliphatic heterocycles. The number of esters is 1. The Bertz CT molecular complexity index is 591. The monoisotopic (exact) mass is 340 g/mol. The molecule has 1 aromatic rings. The lowest BCUT2D eigenvalue weighted by Crippen LogP contribution is -2.36. The van der Waals surface area contributed by atoms with Crippen molar-refractivity contribution in [3.63, 3.8) is 0 Å². The number of methoxy groups -OCH3 is 3. The van der Waals surface area contributed by atoms with Crippen molar-refractivity contribution in [3.8, 4) is 17.2 Å². The summed E-state index contributed by atoms with van der Waals surface area (Å²) < 4.78 is 20.4. The van der Waals surface area contributed by atoms with Crippen LogP contribution in [-0.2, 0) is 25.5 Å². The fourth-order valence-electron chi connectivity index (χ4n) is 1.84. The molecule has 9 nitrogen and oxygen atoms in total. The number of nitrogens with one attached hydrogen (secondary N) is 1. The van der Waals surface area contributed by atoms with Gasteiger partial charge >= 0.3 is 5.97 Å². The minimum Gasteiger partial charge on any atom is -0.493 e. The van der Waals surface area contributed by atoms with Gasteiger partial charge in [0.15, 0.2) is 18.1 Å². The average molecular weight is 340 g/mol. The average Bonchev–Trinajstić information content (AvgIpc) is 2.56. The molecule has 2 amide bonds. The van der Waals surface area contributed by atoms with Crippen molar-refractivity contribution in [1.82, 2.24) is 5.32 Å². The maximum absolute atomic E-state index is 11.8. The molecule has 0 fully saturated rings. The van der Waals surface area contributed by atoms with Gasteiger partial charge in [-0.3, -0.25) is 14.4 Å². The highest BCUT2D eigenvalue weighted by molar-refractivity contribution is 5.85. The van der Waals surface area contributed by atoms with Crippen LogP contribution in [0.5, 0.6) is 17.2 Å². The first-order chi connectivity index (χ1) is 11.4. The molecule has 0 spiro atoms. The molecule has 9 heteroatoms. The van der Waals surface area contributed by atoms with Crippen LogP contribution in [0, 0.1) is 0 Å². The summed E-state index contributed by atoms with van der Waals surface area (Å²) in [5.74, 6) is -0.724. The van der Waals surface area contributed by atoms with Gasteiger partial charge in [-0.2, -0.15) is 0 Å². The van der Waals surface area contributed by atoms with Crippen LogP contribution in [0.25, 0.3) is 0 Å². The summed E-state index contributed by atoms with van der Waals surface area (Å²) in [6, 6.07) is 3.21. The zero-order chi connectivity index (χ0) is 18.1. The molecule has 1 rings (SSSR count). The van der Waals surface area contributed by atoms with Gasteiger partial charge in [-0.15, -0.1) is 0 Å². The first-order valence-electron chi connectivity index (χ1n) is 6.90. The molecule has 0 heterocycles. The van der Waals surface area contributed by atoms with Crippen molar-refractivity contribution < 1.29 is 33.3 Å². The summed E-state index contributed by atoms with van der Waals surface area (Å²) >= 11 is 0. The van der Waals surface area contributed by atoms with Crippen molar-refractivity contribution in [2.45, 2.75) is 6.42 Å². The number of benzene rings is 1. The van der Waals surface area contributed by atoms with Crippen LogP contribution in [0.3, 0.4) is 0 Å². The Morgan fingerprint density at radius 3 is 2.08 bits per heavy atom. The number of hydrogen-bond donors (Lipinski definition) is 2.